The van der Waals surface area contributed by atoms with E-state index in [2.05, 4.69) is 18.0 Å². The molecule has 5 heteroatoms. The number of aromatic nitrogens is 1. The second-order valence-corrected chi connectivity index (χ2v) is 10.2. The normalized spacial score (nSPS) is 27.5. The van der Waals surface area contributed by atoms with Gasteiger partial charge in [0.1, 0.15) is 0 Å². The lowest BCUT2D eigenvalue weighted by Crippen LogP contribution is -2.51. The molecule has 148 valence electrons. The number of pyridine rings is 1. The zero-order chi connectivity index (χ0) is 19.7. The third kappa shape index (κ3) is 3.78. The van der Waals surface area contributed by atoms with Gasteiger partial charge in [0.25, 0.3) is 0 Å². The Balaban J connectivity index is 1.68. The molecule has 0 unspecified atom stereocenters. The summed E-state index contributed by atoms with van der Waals surface area (Å²) in [5, 5.41) is 0. The van der Waals surface area contributed by atoms with Crippen molar-refractivity contribution >= 4 is 16.1 Å². The fourth-order valence-corrected chi connectivity index (χ4v) is 6.46. The molecule has 0 amide bonds. The Labute approximate surface area is 168 Å². The lowest BCUT2D eigenvalue weighted by atomic mass is 9.71. The van der Waals surface area contributed by atoms with Crippen LogP contribution in [0.4, 0.5) is 0 Å². The maximum Gasteiger partial charge on any atom is 0.243 e. The highest BCUT2D eigenvalue weighted by Crippen LogP contribution is 2.43. The van der Waals surface area contributed by atoms with Crippen LogP contribution in [0, 0.1) is 18.8 Å². The smallest absolute Gasteiger partial charge is 0.243 e. The van der Waals surface area contributed by atoms with E-state index in [1.807, 2.05) is 43.5 Å². The molecule has 1 aromatic heterocycles. The van der Waals surface area contributed by atoms with Crippen LogP contribution in [0.15, 0.2) is 59.1 Å². The number of hydrogen-bond acceptors (Lipinski definition) is 3. The molecule has 1 aromatic carbocycles. The number of sulfonamides is 1. The van der Waals surface area contributed by atoms with Crippen molar-refractivity contribution in [3.63, 3.8) is 0 Å². The summed E-state index contributed by atoms with van der Waals surface area (Å²) in [5.74, 6) is 0.747. The molecule has 2 aromatic rings. The average molecular weight is 397 g/mol. The van der Waals surface area contributed by atoms with Gasteiger partial charge >= 0.3 is 0 Å². The maximum atomic E-state index is 13.4. The highest BCUT2D eigenvalue weighted by Gasteiger charge is 2.43. The zero-order valence-corrected chi connectivity index (χ0v) is 17.4. The largest absolute Gasteiger partial charge is 0.257 e. The number of fused-ring (bicyclic) bond motifs is 1. The Kier molecular flexibility index (Phi) is 5.39. The van der Waals surface area contributed by atoms with Crippen molar-refractivity contribution < 1.29 is 8.42 Å². The Morgan fingerprint density at radius 1 is 1.14 bits per heavy atom. The summed E-state index contributed by atoms with van der Waals surface area (Å²) in [4.78, 5) is 4.86. The summed E-state index contributed by atoms with van der Waals surface area (Å²) in [6.07, 6.45) is 7.90. The Bertz CT molecular complexity index is 952. The first-order valence-corrected chi connectivity index (χ1v) is 11.6. The molecule has 1 aliphatic heterocycles. The summed E-state index contributed by atoms with van der Waals surface area (Å²) >= 11 is 0. The van der Waals surface area contributed by atoms with Gasteiger partial charge in [-0.05, 0) is 74.8 Å². The molecule has 3 atom stereocenters. The Morgan fingerprint density at radius 3 is 2.64 bits per heavy atom. The van der Waals surface area contributed by atoms with Crippen molar-refractivity contribution in [1.29, 1.82) is 0 Å². The molecule has 1 saturated carbocycles. The molecule has 2 aliphatic rings. The minimum atomic E-state index is -3.48. The first-order valence-electron chi connectivity index (χ1n) is 10.1. The number of rotatable bonds is 3. The third-order valence-corrected chi connectivity index (χ3v) is 8.02. The molecule has 0 radical (unpaired) electrons. The number of aryl methyl sites for hydroxylation is 1. The fourth-order valence-electron chi connectivity index (χ4n) is 4.75. The maximum absolute atomic E-state index is 13.4. The van der Waals surface area contributed by atoms with Gasteiger partial charge in [0.2, 0.25) is 10.0 Å². The monoisotopic (exact) mass is 396 g/mol. The van der Waals surface area contributed by atoms with Crippen LogP contribution in [0.1, 0.15) is 43.9 Å². The number of piperidine rings is 1. The topological polar surface area (TPSA) is 50.3 Å². The van der Waals surface area contributed by atoms with Gasteiger partial charge < -0.3 is 0 Å². The number of benzene rings is 1. The molecule has 0 N–H and O–H groups in total. The minimum absolute atomic E-state index is 0.0405. The molecule has 2 fully saturated rings. The van der Waals surface area contributed by atoms with Crippen LogP contribution < -0.4 is 0 Å². The van der Waals surface area contributed by atoms with Crippen molar-refractivity contribution in [1.82, 2.24) is 9.29 Å². The fraction of sp³-hybridized carbons (Fsp3) is 0.435. The highest BCUT2D eigenvalue weighted by atomic mass is 32.2. The minimum Gasteiger partial charge on any atom is -0.257 e. The van der Waals surface area contributed by atoms with Crippen LogP contribution in [-0.4, -0.2) is 30.3 Å². The van der Waals surface area contributed by atoms with E-state index in [9.17, 15) is 8.42 Å². The standard InChI is InChI=1S/C23H28N2O2S/c1-17-8-10-21(11-9-17)28(26,27)25-13-5-7-22-19(14-18(2)15-23(22)25)16-20-6-3-4-12-24-20/h3-4,6,8-12,16,18,22-23H,5,7,13-15H2,1-2H3/b19-16+/t18-,22+,23-/m1/s1. The highest BCUT2D eigenvalue weighted by molar-refractivity contribution is 7.89. The predicted molar refractivity (Wildman–Crippen MR) is 112 cm³/mol. The second-order valence-electron chi connectivity index (χ2n) is 8.26. The average Bonchev–Trinajstić information content (AvgIpc) is 2.68. The van der Waals surface area contributed by atoms with E-state index in [1.54, 1.807) is 16.4 Å². The molecule has 0 spiro atoms. The quantitative estimate of drug-likeness (QED) is 0.757. The molecule has 1 saturated heterocycles. The van der Waals surface area contributed by atoms with Gasteiger partial charge in [-0.2, -0.15) is 4.31 Å². The zero-order valence-electron chi connectivity index (χ0n) is 16.6. The summed E-state index contributed by atoms with van der Waals surface area (Å²) < 4.78 is 28.6. The molecule has 2 heterocycles. The van der Waals surface area contributed by atoms with Crippen molar-refractivity contribution in [2.75, 3.05) is 6.54 Å². The van der Waals surface area contributed by atoms with Crippen molar-refractivity contribution in [2.24, 2.45) is 11.8 Å². The van der Waals surface area contributed by atoms with E-state index in [4.69, 9.17) is 0 Å². The van der Waals surface area contributed by atoms with Crippen molar-refractivity contribution in [3.8, 4) is 0 Å². The van der Waals surface area contributed by atoms with Crippen LogP contribution in [0.2, 0.25) is 0 Å². The van der Waals surface area contributed by atoms with Gasteiger partial charge in [-0.3, -0.25) is 4.98 Å². The van der Waals surface area contributed by atoms with Crippen LogP contribution in [0.5, 0.6) is 0 Å². The first-order chi connectivity index (χ1) is 13.4. The summed E-state index contributed by atoms with van der Waals surface area (Å²) in [5.41, 5.74) is 3.39. The first kappa shape index (κ1) is 19.3. The van der Waals surface area contributed by atoms with Gasteiger partial charge in [-0.1, -0.05) is 36.3 Å². The molecule has 4 nitrogen and oxygen atoms in total. The van der Waals surface area contributed by atoms with Crippen LogP contribution >= 0.6 is 0 Å². The molecule has 0 bridgehead atoms. The Morgan fingerprint density at radius 2 is 1.93 bits per heavy atom. The van der Waals surface area contributed by atoms with Crippen molar-refractivity contribution in [3.05, 3.63) is 65.5 Å². The number of nitrogens with zero attached hydrogens (tertiary/aromatic N) is 2. The van der Waals surface area contributed by atoms with Crippen LogP contribution in [-0.2, 0) is 10.0 Å². The molecular formula is C23H28N2O2S. The van der Waals surface area contributed by atoms with E-state index in [0.717, 1.165) is 36.9 Å². The van der Waals surface area contributed by atoms with Gasteiger partial charge in [-0.25, -0.2) is 8.42 Å². The van der Waals surface area contributed by atoms with E-state index >= 15 is 0 Å². The molecule has 28 heavy (non-hydrogen) atoms. The third-order valence-electron chi connectivity index (χ3n) is 6.08. The van der Waals surface area contributed by atoms with E-state index in [-0.39, 0.29) is 12.0 Å². The van der Waals surface area contributed by atoms with Crippen LogP contribution in [0.3, 0.4) is 0 Å². The predicted octanol–water partition coefficient (Wildman–Crippen LogP) is 4.67. The lowest BCUT2D eigenvalue weighted by Gasteiger charge is -2.46. The van der Waals surface area contributed by atoms with Gasteiger partial charge in [0, 0.05) is 18.8 Å². The van der Waals surface area contributed by atoms with Gasteiger partial charge in [0.15, 0.2) is 0 Å². The lowest BCUT2D eigenvalue weighted by molar-refractivity contribution is 0.144. The molecular weight excluding hydrogens is 368 g/mol. The van der Waals surface area contributed by atoms with Crippen LogP contribution in [0.25, 0.3) is 6.08 Å². The Hall–Kier alpha value is -1.98. The summed E-state index contributed by atoms with van der Waals surface area (Å²) in [7, 11) is -3.48. The second kappa shape index (κ2) is 7.80. The SMILES string of the molecule is Cc1ccc(S(=O)(=O)N2CCC[C@H]3/C(=C/c4ccccn4)C[C@@H](C)C[C@H]32)cc1. The summed E-state index contributed by atoms with van der Waals surface area (Å²) in [6, 6.07) is 13.2. The molecule has 1 aliphatic carbocycles. The van der Waals surface area contributed by atoms with Crippen molar-refractivity contribution in [2.45, 2.75) is 50.5 Å². The van der Waals surface area contributed by atoms with E-state index in [0.29, 0.717) is 17.4 Å². The summed E-state index contributed by atoms with van der Waals surface area (Å²) in [6.45, 7) is 4.82. The number of hydrogen-bond donors (Lipinski definition) is 0. The van der Waals surface area contributed by atoms with E-state index in [1.165, 1.54) is 5.57 Å². The molecule has 4 rings (SSSR count). The van der Waals surface area contributed by atoms with E-state index < -0.39 is 10.0 Å². The van der Waals surface area contributed by atoms with Gasteiger partial charge in [-0.15, -0.1) is 0 Å². The van der Waals surface area contributed by atoms with Gasteiger partial charge in [0.05, 0.1) is 10.6 Å².